The number of nitrogens with zero attached hydrogens (tertiary/aromatic N) is 4. The lowest BCUT2D eigenvalue weighted by Crippen LogP contribution is -2.34. The van der Waals surface area contributed by atoms with Crippen molar-refractivity contribution < 1.29 is 4.79 Å². The fraction of sp³-hybridized carbons (Fsp3) is 0.353. The molecular formula is C17H21N5OS. The van der Waals surface area contributed by atoms with Gasteiger partial charge in [0, 0.05) is 17.9 Å². The van der Waals surface area contributed by atoms with Gasteiger partial charge in [0.05, 0.1) is 12.2 Å². The molecule has 0 spiro atoms. The van der Waals surface area contributed by atoms with Gasteiger partial charge in [0.15, 0.2) is 5.65 Å². The normalized spacial score (nSPS) is 12.7. The highest BCUT2D eigenvalue weighted by Gasteiger charge is 2.19. The van der Waals surface area contributed by atoms with Crippen molar-refractivity contribution in [3.63, 3.8) is 0 Å². The van der Waals surface area contributed by atoms with Gasteiger partial charge >= 0.3 is 0 Å². The number of aromatic nitrogens is 3. The fourth-order valence-corrected chi connectivity index (χ4v) is 3.49. The number of hydrogen-bond donors (Lipinski definition) is 1. The monoisotopic (exact) mass is 343 g/mol. The molecule has 3 heterocycles. The van der Waals surface area contributed by atoms with Crippen molar-refractivity contribution in [2.45, 2.75) is 19.9 Å². The number of thiophene rings is 1. The van der Waals surface area contributed by atoms with E-state index in [0.717, 1.165) is 11.4 Å². The molecule has 0 saturated carbocycles. The second-order valence-electron chi connectivity index (χ2n) is 6.08. The van der Waals surface area contributed by atoms with Gasteiger partial charge in [-0.3, -0.25) is 4.79 Å². The Bertz CT molecular complexity index is 853. The Hall–Kier alpha value is -2.25. The van der Waals surface area contributed by atoms with E-state index in [1.807, 2.05) is 39.4 Å². The molecule has 126 valence electrons. The summed E-state index contributed by atoms with van der Waals surface area (Å²) in [6.07, 6.45) is 1.58. The van der Waals surface area contributed by atoms with E-state index in [1.54, 1.807) is 22.0 Å². The number of carbonyl (C=O) groups excluding carboxylic acids is 1. The van der Waals surface area contributed by atoms with E-state index in [9.17, 15) is 4.79 Å². The maximum absolute atomic E-state index is 12.6. The molecule has 0 fully saturated rings. The Morgan fingerprint density at radius 3 is 2.88 bits per heavy atom. The Morgan fingerprint density at radius 2 is 2.21 bits per heavy atom. The SMILES string of the molecule is Cc1cc(C)n2ncc(C(=O)NCC(c3ccsc3)N(C)C)c2n1. The van der Waals surface area contributed by atoms with Crippen LogP contribution in [0.1, 0.15) is 33.4 Å². The van der Waals surface area contributed by atoms with E-state index in [4.69, 9.17) is 0 Å². The molecule has 1 amide bonds. The second kappa shape index (κ2) is 6.70. The molecule has 3 aromatic rings. The number of carbonyl (C=O) groups is 1. The fourth-order valence-electron chi connectivity index (χ4n) is 2.78. The highest BCUT2D eigenvalue weighted by molar-refractivity contribution is 7.07. The summed E-state index contributed by atoms with van der Waals surface area (Å²) in [7, 11) is 4.02. The molecule has 0 radical (unpaired) electrons. The lowest BCUT2D eigenvalue weighted by Gasteiger charge is -2.23. The van der Waals surface area contributed by atoms with Gasteiger partial charge < -0.3 is 10.2 Å². The third-order valence-electron chi connectivity index (χ3n) is 4.03. The van der Waals surface area contributed by atoms with Crippen LogP contribution >= 0.6 is 11.3 Å². The number of rotatable bonds is 5. The third-order valence-corrected chi connectivity index (χ3v) is 4.73. The van der Waals surface area contributed by atoms with Crippen molar-refractivity contribution in [1.29, 1.82) is 0 Å². The van der Waals surface area contributed by atoms with Gasteiger partial charge in [-0.1, -0.05) is 0 Å². The Morgan fingerprint density at radius 1 is 1.42 bits per heavy atom. The maximum Gasteiger partial charge on any atom is 0.256 e. The number of amides is 1. The Kier molecular flexibility index (Phi) is 4.64. The zero-order valence-corrected chi connectivity index (χ0v) is 15.1. The molecule has 0 aliphatic carbocycles. The smallest absolute Gasteiger partial charge is 0.256 e. The quantitative estimate of drug-likeness (QED) is 0.773. The molecule has 6 nitrogen and oxygen atoms in total. The number of likely N-dealkylation sites (N-methyl/N-ethyl adjacent to an activating group) is 1. The highest BCUT2D eigenvalue weighted by atomic mass is 32.1. The van der Waals surface area contributed by atoms with Crippen LogP contribution in [0.2, 0.25) is 0 Å². The first-order chi connectivity index (χ1) is 11.5. The van der Waals surface area contributed by atoms with Crippen LogP contribution in [0.4, 0.5) is 0 Å². The summed E-state index contributed by atoms with van der Waals surface area (Å²) in [5.41, 5.74) is 4.14. The molecule has 1 N–H and O–H groups in total. The average molecular weight is 343 g/mol. The number of aryl methyl sites for hydroxylation is 2. The predicted molar refractivity (Wildman–Crippen MR) is 95.5 cm³/mol. The van der Waals surface area contributed by atoms with Crippen LogP contribution in [0, 0.1) is 13.8 Å². The van der Waals surface area contributed by atoms with E-state index in [-0.39, 0.29) is 11.9 Å². The summed E-state index contributed by atoms with van der Waals surface area (Å²) < 4.78 is 1.70. The number of fused-ring (bicyclic) bond motifs is 1. The van der Waals surface area contributed by atoms with Crippen LogP contribution in [0.15, 0.2) is 29.1 Å². The summed E-state index contributed by atoms with van der Waals surface area (Å²) in [5, 5.41) is 11.5. The lowest BCUT2D eigenvalue weighted by molar-refractivity contribution is 0.0943. The summed E-state index contributed by atoms with van der Waals surface area (Å²) in [6, 6.07) is 4.17. The Balaban J connectivity index is 1.80. The molecular weight excluding hydrogens is 322 g/mol. The van der Waals surface area contributed by atoms with E-state index in [1.165, 1.54) is 5.56 Å². The van der Waals surface area contributed by atoms with E-state index in [0.29, 0.717) is 17.8 Å². The molecule has 24 heavy (non-hydrogen) atoms. The molecule has 1 unspecified atom stereocenters. The van der Waals surface area contributed by atoms with Crippen LogP contribution in [-0.2, 0) is 0 Å². The van der Waals surface area contributed by atoms with Gasteiger partial charge in [-0.05, 0) is 56.4 Å². The van der Waals surface area contributed by atoms with Gasteiger partial charge in [0.2, 0.25) is 0 Å². The van der Waals surface area contributed by atoms with Crippen LogP contribution in [0.5, 0.6) is 0 Å². The van der Waals surface area contributed by atoms with Crippen molar-refractivity contribution in [3.8, 4) is 0 Å². The van der Waals surface area contributed by atoms with Crippen LogP contribution in [0.25, 0.3) is 5.65 Å². The Labute approximate surface area is 145 Å². The van der Waals surface area contributed by atoms with Crippen LogP contribution < -0.4 is 5.32 Å². The minimum atomic E-state index is -0.149. The topological polar surface area (TPSA) is 62.5 Å². The molecule has 0 aromatic carbocycles. The van der Waals surface area contributed by atoms with E-state index in [2.05, 4.69) is 31.7 Å². The molecule has 1 atom stereocenters. The molecule has 0 aliphatic rings. The average Bonchev–Trinajstić information content (AvgIpc) is 3.16. The van der Waals surface area contributed by atoms with Crippen LogP contribution in [0.3, 0.4) is 0 Å². The minimum Gasteiger partial charge on any atom is -0.350 e. The lowest BCUT2D eigenvalue weighted by atomic mass is 10.1. The standard InChI is InChI=1S/C17H21N5OS/c1-11-7-12(2)22-16(20-11)14(8-19-22)17(23)18-9-15(21(3)4)13-5-6-24-10-13/h5-8,10,15H,9H2,1-4H3,(H,18,23). The summed E-state index contributed by atoms with van der Waals surface area (Å²) in [4.78, 5) is 19.2. The highest BCUT2D eigenvalue weighted by Crippen LogP contribution is 2.20. The van der Waals surface area contributed by atoms with Gasteiger partial charge in [0.1, 0.15) is 5.56 Å². The van der Waals surface area contributed by atoms with Gasteiger partial charge in [-0.15, -0.1) is 0 Å². The maximum atomic E-state index is 12.6. The molecule has 0 bridgehead atoms. The van der Waals surface area contributed by atoms with Crippen molar-refractivity contribution in [2.24, 2.45) is 0 Å². The van der Waals surface area contributed by atoms with Crippen molar-refractivity contribution in [2.75, 3.05) is 20.6 Å². The zero-order valence-electron chi connectivity index (χ0n) is 14.3. The number of hydrogen-bond acceptors (Lipinski definition) is 5. The predicted octanol–water partition coefficient (Wildman–Crippen LogP) is 2.44. The van der Waals surface area contributed by atoms with Crippen LogP contribution in [-0.4, -0.2) is 46.0 Å². The molecule has 0 aliphatic heterocycles. The van der Waals surface area contributed by atoms with Gasteiger partial charge in [-0.2, -0.15) is 16.4 Å². The molecule has 3 rings (SSSR count). The first kappa shape index (κ1) is 16.6. The zero-order chi connectivity index (χ0) is 17.3. The van der Waals surface area contributed by atoms with Crippen molar-refractivity contribution in [1.82, 2.24) is 24.8 Å². The first-order valence-corrected chi connectivity index (χ1v) is 8.70. The summed E-state index contributed by atoms with van der Waals surface area (Å²) in [5.74, 6) is -0.149. The van der Waals surface area contributed by atoms with E-state index < -0.39 is 0 Å². The second-order valence-corrected chi connectivity index (χ2v) is 6.86. The largest absolute Gasteiger partial charge is 0.350 e. The summed E-state index contributed by atoms with van der Waals surface area (Å²) in [6.45, 7) is 4.40. The third kappa shape index (κ3) is 3.18. The molecule has 3 aromatic heterocycles. The number of nitrogens with one attached hydrogen (secondary N) is 1. The molecule has 7 heteroatoms. The van der Waals surface area contributed by atoms with Crippen molar-refractivity contribution in [3.05, 3.63) is 51.6 Å². The van der Waals surface area contributed by atoms with Gasteiger partial charge in [-0.25, -0.2) is 9.50 Å². The summed E-state index contributed by atoms with van der Waals surface area (Å²) >= 11 is 1.66. The van der Waals surface area contributed by atoms with E-state index >= 15 is 0 Å². The van der Waals surface area contributed by atoms with Crippen molar-refractivity contribution >= 4 is 22.9 Å². The minimum absolute atomic E-state index is 0.137. The first-order valence-electron chi connectivity index (χ1n) is 7.76. The van der Waals surface area contributed by atoms with Gasteiger partial charge in [0.25, 0.3) is 5.91 Å². The molecule has 0 saturated heterocycles.